The van der Waals surface area contributed by atoms with Gasteiger partial charge in [0.2, 0.25) is 0 Å². The fourth-order valence-electron chi connectivity index (χ4n) is 2.47. The predicted octanol–water partition coefficient (Wildman–Crippen LogP) is 5.01. The van der Waals surface area contributed by atoms with Gasteiger partial charge in [-0.15, -0.1) is 0 Å². The Balaban J connectivity index is 2.10. The van der Waals surface area contributed by atoms with E-state index in [9.17, 15) is 0 Å². The van der Waals surface area contributed by atoms with Gasteiger partial charge in [-0.05, 0) is 37.1 Å². The third kappa shape index (κ3) is 4.32. The van der Waals surface area contributed by atoms with E-state index in [2.05, 4.69) is 71.5 Å². The molecule has 1 unspecified atom stereocenters. The quantitative estimate of drug-likeness (QED) is 0.793. The highest BCUT2D eigenvalue weighted by Crippen LogP contribution is 2.23. The van der Waals surface area contributed by atoms with Crippen molar-refractivity contribution in [3.8, 4) is 5.75 Å². The smallest absolute Gasteiger partial charge is 0.123 e. The minimum absolute atomic E-state index is 0.350. The summed E-state index contributed by atoms with van der Waals surface area (Å²) in [5.74, 6) is 0.943. The van der Waals surface area contributed by atoms with E-state index in [-0.39, 0.29) is 0 Å². The van der Waals surface area contributed by atoms with Crippen LogP contribution in [0.5, 0.6) is 5.75 Å². The van der Waals surface area contributed by atoms with E-state index >= 15 is 0 Å². The van der Waals surface area contributed by atoms with Crippen LogP contribution in [0.25, 0.3) is 0 Å². The van der Waals surface area contributed by atoms with E-state index in [0.717, 1.165) is 23.2 Å². The molecule has 0 aliphatic heterocycles. The Kier molecular flexibility index (Phi) is 5.83. The first-order valence-electron chi connectivity index (χ1n) is 7.26. The van der Waals surface area contributed by atoms with Gasteiger partial charge in [-0.1, -0.05) is 52.7 Å². The third-order valence-electron chi connectivity index (χ3n) is 3.66. The van der Waals surface area contributed by atoms with Crippen molar-refractivity contribution < 1.29 is 4.74 Å². The van der Waals surface area contributed by atoms with Crippen molar-refractivity contribution in [3.63, 3.8) is 0 Å². The molecule has 0 fully saturated rings. The second kappa shape index (κ2) is 7.62. The molecule has 0 saturated heterocycles. The Morgan fingerprint density at radius 2 is 1.86 bits per heavy atom. The summed E-state index contributed by atoms with van der Waals surface area (Å²) in [6.07, 6.45) is 1.05. The van der Waals surface area contributed by atoms with Crippen LogP contribution in [0.4, 0.5) is 0 Å². The van der Waals surface area contributed by atoms with Crippen molar-refractivity contribution in [1.29, 1.82) is 0 Å². The van der Waals surface area contributed by atoms with Gasteiger partial charge in [-0.2, -0.15) is 0 Å². The molecule has 0 radical (unpaired) electrons. The molecular formula is C18H22BrNO. The molecule has 0 spiro atoms. The van der Waals surface area contributed by atoms with Crippen LogP contribution in [0.3, 0.4) is 0 Å². The number of nitrogens with one attached hydrogen (secondary N) is 1. The lowest BCUT2D eigenvalue weighted by Crippen LogP contribution is -2.20. The van der Waals surface area contributed by atoms with E-state index in [1.807, 2.05) is 6.07 Å². The lowest BCUT2D eigenvalue weighted by molar-refractivity contribution is 0.404. The topological polar surface area (TPSA) is 21.3 Å². The fraction of sp³-hybridized carbons (Fsp3) is 0.333. The number of hydrogen-bond donors (Lipinski definition) is 1. The summed E-state index contributed by atoms with van der Waals surface area (Å²) in [4.78, 5) is 0. The predicted molar refractivity (Wildman–Crippen MR) is 91.7 cm³/mol. The van der Waals surface area contributed by atoms with Gasteiger partial charge in [0, 0.05) is 22.6 Å². The number of aryl methyl sites for hydroxylation is 1. The fourth-order valence-corrected chi connectivity index (χ4v) is 2.74. The van der Waals surface area contributed by atoms with Gasteiger partial charge in [0.15, 0.2) is 0 Å². The van der Waals surface area contributed by atoms with Crippen molar-refractivity contribution in [3.05, 3.63) is 63.6 Å². The summed E-state index contributed by atoms with van der Waals surface area (Å²) in [6.45, 7) is 5.11. The third-order valence-corrected chi connectivity index (χ3v) is 4.18. The zero-order valence-electron chi connectivity index (χ0n) is 12.8. The molecule has 1 atom stereocenters. The largest absolute Gasteiger partial charge is 0.496 e. The molecule has 2 aromatic rings. The van der Waals surface area contributed by atoms with Crippen molar-refractivity contribution in [1.82, 2.24) is 5.32 Å². The Bertz CT molecular complexity index is 580. The van der Waals surface area contributed by atoms with Crippen LogP contribution in [0.1, 0.15) is 36.1 Å². The number of methoxy groups -OCH3 is 1. The van der Waals surface area contributed by atoms with Gasteiger partial charge in [0.1, 0.15) is 5.75 Å². The second-order valence-electron chi connectivity index (χ2n) is 5.21. The van der Waals surface area contributed by atoms with E-state index in [1.54, 1.807) is 7.11 Å². The summed E-state index contributed by atoms with van der Waals surface area (Å²) in [6, 6.07) is 15.2. The zero-order valence-corrected chi connectivity index (χ0v) is 14.4. The van der Waals surface area contributed by atoms with Crippen LogP contribution >= 0.6 is 15.9 Å². The van der Waals surface area contributed by atoms with Crippen molar-refractivity contribution in [2.24, 2.45) is 0 Å². The van der Waals surface area contributed by atoms with Crippen molar-refractivity contribution in [2.75, 3.05) is 7.11 Å². The maximum absolute atomic E-state index is 5.44. The first kappa shape index (κ1) is 16.1. The van der Waals surface area contributed by atoms with Gasteiger partial charge in [-0.25, -0.2) is 0 Å². The number of hydrogen-bond acceptors (Lipinski definition) is 2. The monoisotopic (exact) mass is 347 g/mol. The highest BCUT2D eigenvalue weighted by Gasteiger charge is 2.10. The standard InChI is InChI=1S/C18H22BrNO/c1-4-17(14-6-8-16(19)9-7-14)20-12-15-11-13(2)5-10-18(15)21-3/h5-11,17,20H,4,12H2,1-3H3. The molecule has 0 aliphatic rings. The van der Waals surface area contributed by atoms with Crippen LogP contribution in [0, 0.1) is 6.92 Å². The summed E-state index contributed by atoms with van der Waals surface area (Å²) in [7, 11) is 1.72. The average Bonchev–Trinajstić information content (AvgIpc) is 2.50. The molecule has 0 saturated carbocycles. The van der Waals surface area contributed by atoms with Crippen molar-refractivity contribution in [2.45, 2.75) is 32.9 Å². The molecule has 3 heteroatoms. The molecule has 1 N–H and O–H groups in total. The highest BCUT2D eigenvalue weighted by molar-refractivity contribution is 9.10. The van der Waals surface area contributed by atoms with E-state index in [4.69, 9.17) is 4.74 Å². The summed E-state index contributed by atoms with van der Waals surface area (Å²) < 4.78 is 6.55. The highest BCUT2D eigenvalue weighted by atomic mass is 79.9. The first-order chi connectivity index (χ1) is 10.1. The molecule has 0 bridgehead atoms. The molecule has 0 amide bonds. The van der Waals surface area contributed by atoms with Crippen LogP contribution in [0.2, 0.25) is 0 Å². The van der Waals surface area contributed by atoms with Gasteiger partial charge < -0.3 is 10.1 Å². The van der Waals surface area contributed by atoms with Crippen LogP contribution in [0.15, 0.2) is 46.9 Å². The van der Waals surface area contributed by atoms with E-state index in [1.165, 1.54) is 16.7 Å². The summed E-state index contributed by atoms with van der Waals surface area (Å²) in [5.41, 5.74) is 3.77. The molecule has 2 nitrogen and oxygen atoms in total. The molecule has 21 heavy (non-hydrogen) atoms. The molecule has 112 valence electrons. The zero-order chi connectivity index (χ0) is 15.2. The maximum atomic E-state index is 5.44. The molecule has 0 heterocycles. The van der Waals surface area contributed by atoms with E-state index in [0.29, 0.717) is 6.04 Å². The Morgan fingerprint density at radius 1 is 1.14 bits per heavy atom. The molecular weight excluding hydrogens is 326 g/mol. The van der Waals surface area contributed by atoms with Gasteiger partial charge in [0.05, 0.1) is 7.11 Å². The lowest BCUT2D eigenvalue weighted by atomic mass is 10.0. The molecule has 0 aromatic heterocycles. The Morgan fingerprint density at radius 3 is 2.48 bits per heavy atom. The molecule has 2 aromatic carbocycles. The maximum Gasteiger partial charge on any atom is 0.123 e. The van der Waals surface area contributed by atoms with Crippen LogP contribution < -0.4 is 10.1 Å². The Labute approximate surface area is 135 Å². The number of halogens is 1. The van der Waals surface area contributed by atoms with Gasteiger partial charge in [0.25, 0.3) is 0 Å². The summed E-state index contributed by atoms with van der Waals surface area (Å²) in [5, 5.41) is 3.63. The van der Waals surface area contributed by atoms with E-state index < -0.39 is 0 Å². The molecule has 2 rings (SSSR count). The minimum Gasteiger partial charge on any atom is -0.496 e. The number of benzene rings is 2. The van der Waals surface area contributed by atoms with Gasteiger partial charge in [-0.3, -0.25) is 0 Å². The normalized spacial score (nSPS) is 12.2. The van der Waals surface area contributed by atoms with Crippen molar-refractivity contribution >= 4 is 15.9 Å². The minimum atomic E-state index is 0.350. The second-order valence-corrected chi connectivity index (χ2v) is 6.12. The average molecular weight is 348 g/mol. The first-order valence-corrected chi connectivity index (χ1v) is 8.05. The SMILES string of the molecule is CCC(NCc1cc(C)ccc1OC)c1ccc(Br)cc1. The number of ether oxygens (including phenoxy) is 1. The molecule has 0 aliphatic carbocycles. The van der Waals surface area contributed by atoms with Crippen LogP contribution in [-0.4, -0.2) is 7.11 Å². The Hall–Kier alpha value is -1.32. The number of rotatable bonds is 6. The van der Waals surface area contributed by atoms with Gasteiger partial charge >= 0.3 is 0 Å². The lowest BCUT2D eigenvalue weighted by Gasteiger charge is -2.19. The van der Waals surface area contributed by atoms with Crippen LogP contribution in [-0.2, 0) is 6.54 Å². The summed E-state index contributed by atoms with van der Waals surface area (Å²) >= 11 is 3.48.